The van der Waals surface area contributed by atoms with Crippen LogP contribution < -0.4 is 25.1 Å². The Morgan fingerprint density at radius 1 is 1.15 bits per heavy atom. The first-order valence-electron chi connectivity index (χ1n) is 16.2. The van der Waals surface area contributed by atoms with E-state index in [0.29, 0.717) is 21.7 Å². The number of ether oxygens (including phenoxy) is 2. The van der Waals surface area contributed by atoms with Gasteiger partial charge in [0.2, 0.25) is 10.0 Å². The third kappa shape index (κ3) is 8.07. The van der Waals surface area contributed by atoms with Gasteiger partial charge in [0, 0.05) is 36.8 Å². The number of rotatable bonds is 11. The normalized spacial score (nSPS) is 18.0. The van der Waals surface area contributed by atoms with Crippen molar-refractivity contribution in [1.29, 1.82) is 0 Å². The highest BCUT2D eigenvalue weighted by Gasteiger charge is 2.46. The van der Waals surface area contributed by atoms with Gasteiger partial charge in [-0.25, -0.2) is 18.1 Å². The molecule has 16 nitrogen and oxygen atoms in total. The van der Waals surface area contributed by atoms with E-state index in [4.69, 9.17) is 9.47 Å². The van der Waals surface area contributed by atoms with Crippen LogP contribution in [0.5, 0.6) is 11.5 Å². The Balaban J connectivity index is 1.31. The van der Waals surface area contributed by atoms with Crippen molar-refractivity contribution in [3.8, 4) is 11.5 Å². The van der Waals surface area contributed by atoms with Crippen molar-refractivity contribution >= 4 is 44.4 Å². The molecule has 1 aliphatic heterocycles. The summed E-state index contributed by atoms with van der Waals surface area (Å²) in [5.41, 5.74) is -0.443. The highest BCUT2D eigenvalue weighted by molar-refractivity contribution is 7.89. The monoisotopic (exact) mass is 759 g/mol. The van der Waals surface area contributed by atoms with Gasteiger partial charge in [0.15, 0.2) is 23.1 Å². The molecule has 1 fully saturated rings. The summed E-state index contributed by atoms with van der Waals surface area (Å²) >= 11 is 0. The van der Waals surface area contributed by atoms with Crippen molar-refractivity contribution in [3.63, 3.8) is 0 Å². The Bertz CT molecular complexity index is 2240. The molecule has 20 heteroatoms. The number of nitrogens with one attached hydrogen (secondary N) is 2. The molecule has 2 N–H and O–H groups in total. The number of hydrogen-bond donors (Lipinski definition) is 2. The summed E-state index contributed by atoms with van der Waals surface area (Å²) in [5, 5.41) is 14.2. The molecule has 4 aromatic rings. The van der Waals surface area contributed by atoms with Crippen LogP contribution in [0.15, 0.2) is 70.5 Å². The molecule has 3 aromatic heterocycles. The lowest BCUT2D eigenvalue weighted by atomic mass is 9.81. The quantitative estimate of drug-likeness (QED) is 0.167. The van der Waals surface area contributed by atoms with Crippen LogP contribution in [0.1, 0.15) is 31.4 Å². The number of carbonyl (C=O) groups excluding carboxylic acids is 2. The molecule has 6 rings (SSSR count). The lowest BCUT2D eigenvalue weighted by molar-refractivity contribution is -0.387. The van der Waals surface area contributed by atoms with E-state index in [0.717, 1.165) is 12.1 Å². The minimum Gasteiger partial charge on any atom is -0.495 e. The smallest absolute Gasteiger partial charge is 0.471 e. The molecule has 1 atom stereocenters. The zero-order valence-corrected chi connectivity index (χ0v) is 28.7. The molecule has 0 bridgehead atoms. The van der Waals surface area contributed by atoms with E-state index in [1.807, 2.05) is 0 Å². The number of halogens is 3. The second-order valence-electron chi connectivity index (χ2n) is 12.5. The minimum absolute atomic E-state index is 0.000795. The SMILES string of the molecule is COc1cnc2ccc(=O)n(CC(NS(=O)(=O)c3ccccc3[N+](=O)[O-])[C@H]3CC[C@H](N(Cc4ccc5c(n4)NC(=O)CO5)C(=O)C(F)(F)F)CC3)c2c1. The number of amides is 2. The number of para-hydroxylation sites is 1. The van der Waals surface area contributed by atoms with Gasteiger partial charge in [0.1, 0.15) is 5.75 Å². The Morgan fingerprint density at radius 2 is 1.89 bits per heavy atom. The van der Waals surface area contributed by atoms with Gasteiger partial charge in [0.05, 0.1) is 41.5 Å². The molecular formula is C33H32F3N7O9S. The van der Waals surface area contributed by atoms with E-state index in [1.54, 1.807) is 6.07 Å². The fourth-order valence-corrected chi connectivity index (χ4v) is 8.11. The van der Waals surface area contributed by atoms with Crippen molar-refractivity contribution in [2.75, 3.05) is 19.0 Å². The molecule has 2 amide bonds. The van der Waals surface area contributed by atoms with Crippen LogP contribution in [0, 0.1) is 16.0 Å². The number of aromatic nitrogens is 3. The molecule has 1 saturated carbocycles. The fourth-order valence-electron chi connectivity index (χ4n) is 6.64. The number of hydrogen-bond acceptors (Lipinski definition) is 11. The Kier molecular flexibility index (Phi) is 10.4. The molecule has 1 aromatic carbocycles. The predicted octanol–water partition coefficient (Wildman–Crippen LogP) is 3.54. The van der Waals surface area contributed by atoms with Crippen LogP contribution in [0.4, 0.5) is 24.7 Å². The van der Waals surface area contributed by atoms with Gasteiger partial charge in [-0.3, -0.25) is 29.5 Å². The second kappa shape index (κ2) is 14.8. The van der Waals surface area contributed by atoms with Gasteiger partial charge >= 0.3 is 12.1 Å². The maximum absolute atomic E-state index is 13.9. The molecule has 4 heterocycles. The number of carbonyl (C=O) groups is 2. The van der Waals surface area contributed by atoms with Crippen LogP contribution in [0.3, 0.4) is 0 Å². The van der Waals surface area contributed by atoms with Gasteiger partial charge < -0.3 is 24.3 Å². The number of nitrogens with zero attached hydrogens (tertiary/aromatic N) is 5. The number of benzene rings is 1. The molecular weight excluding hydrogens is 727 g/mol. The summed E-state index contributed by atoms with van der Waals surface area (Å²) in [6.45, 7) is -1.08. The lowest BCUT2D eigenvalue weighted by Gasteiger charge is -2.39. The predicted molar refractivity (Wildman–Crippen MR) is 180 cm³/mol. The van der Waals surface area contributed by atoms with Crippen LogP contribution in [0.2, 0.25) is 0 Å². The summed E-state index contributed by atoms with van der Waals surface area (Å²) in [4.78, 5) is 57.3. The second-order valence-corrected chi connectivity index (χ2v) is 14.2. The standard InChI is InChI=1S/C33H32F3N7O9S/c1-51-22-14-26-23(37-15-22)11-13-30(45)42(26)17-24(40-53(49,50)28-5-3-2-4-25(28)43(47)48)19-6-9-21(10-7-19)41(32(46)33(34,35)36)16-20-8-12-27-31(38-20)39-29(44)18-52-27/h2-5,8,11-15,19,21,24,40H,6-7,9-10,16-18H2,1H3,(H,38,39,44)/t19-,21-,24?. The third-order valence-electron chi connectivity index (χ3n) is 9.21. The maximum Gasteiger partial charge on any atom is 0.471 e. The molecule has 53 heavy (non-hydrogen) atoms. The number of pyridine rings is 3. The van der Waals surface area contributed by atoms with Crippen molar-refractivity contribution in [3.05, 3.63) is 87.0 Å². The van der Waals surface area contributed by atoms with E-state index in [-0.39, 0.29) is 56.1 Å². The van der Waals surface area contributed by atoms with E-state index < -0.39 is 73.6 Å². The molecule has 2 aliphatic rings. The van der Waals surface area contributed by atoms with Crippen molar-refractivity contribution in [1.82, 2.24) is 24.2 Å². The molecule has 0 saturated heterocycles. The Hall–Kier alpha value is -5.63. The largest absolute Gasteiger partial charge is 0.495 e. The summed E-state index contributed by atoms with van der Waals surface area (Å²) in [6.07, 6.45) is -3.60. The molecule has 1 aliphatic carbocycles. The van der Waals surface area contributed by atoms with Crippen LogP contribution in [0.25, 0.3) is 11.0 Å². The van der Waals surface area contributed by atoms with E-state index in [1.165, 1.54) is 54.3 Å². The molecule has 0 radical (unpaired) electrons. The first-order chi connectivity index (χ1) is 25.1. The number of methoxy groups -OCH3 is 1. The summed E-state index contributed by atoms with van der Waals surface area (Å²) in [6, 6.07) is 9.76. The van der Waals surface area contributed by atoms with Gasteiger partial charge in [-0.05, 0) is 55.9 Å². The number of nitro benzene ring substituents is 1. The van der Waals surface area contributed by atoms with Crippen molar-refractivity contribution < 1.29 is 45.6 Å². The number of sulfonamides is 1. The first kappa shape index (κ1) is 37.1. The van der Waals surface area contributed by atoms with E-state index in [2.05, 4.69) is 20.0 Å². The minimum atomic E-state index is -5.23. The van der Waals surface area contributed by atoms with Gasteiger partial charge in [-0.1, -0.05) is 12.1 Å². The van der Waals surface area contributed by atoms with Gasteiger partial charge in [-0.2, -0.15) is 13.2 Å². The molecule has 0 spiro atoms. The molecule has 1 unspecified atom stereocenters. The van der Waals surface area contributed by atoms with Crippen LogP contribution >= 0.6 is 0 Å². The number of alkyl halides is 3. The van der Waals surface area contributed by atoms with Crippen LogP contribution in [-0.2, 0) is 32.7 Å². The average Bonchev–Trinajstić information content (AvgIpc) is 3.13. The summed E-state index contributed by atoms with van der Waals surface area (Å²) in [5.74, 6) is -2.67. The number of nitro groups is 1. The van der Waals surface area contributed by atoms with E-state index >= 15 is 0 Å². The molecule has 280 valence electrons. The third-order valence-corrected chi connectivity index (χ3v) is 10.7. The highest BCUT2D eigenvalue weighted by atomic mass is 32.2. The van der Waals surface area contributed by atoms with Crippen molar-refractivity contribution in [2.45, 2.75) is 61.9 Å². The highest BCUT2D eigenvalue weighted by Crippen LogP contribution is 2.35. The zero-order valence-electron chi connectivity index (χ0n) is 27.9. The first-order valence-corrected chi connectivity index (χ1v) is 17.7. The summed E-state index contributed by atoms with van der Waals surface area (Å²) < 4.78 is 83.7. The Labute approximate surface area is 299 Å². The van der Waals surface area contributed by atoms with Crippen LogP contribution in [-0.4, -0.2) is 76.6 Å². The van der Waals surface area contributed by atoms with Crippen molar-refractivity contribution in [2.24, 2.45) is 5.92 Å². The Morgan fingerprint density at radius 3 is 2.58 bits per heavy atom. The lowest BCUT2D eigenvalue weighted by Crippen LogP contribution is -2.50. The topological polar surface area (TPSA) is 205 Å². The van der Waals surface area contributed by atoms with Gasteiger partial charge in [0.25, 0.3) is 17.2 Å². The fraction of sp³-hybridized carbons (Fsp3) is 0.364. The van der Waals surface area contributed by atoms with Gasteiger partial charge in [-0.15, -0.1) is 0 Å². The zero-order chi connectivity index (χ0) is 38.1. The number of fused-ring (bicyclic) bond motifs is 2. The number of anilines is 1. The van der Waals surface area contributed by atoms with E-state index in [9.17, 15) is 46.1 Å². The average molecular weight is 760 g/mol. The maximum atomic E-state index is 13.9. The summed E-state index contributed by atoms with van der Waals surface area (Å²) in [7, 11) is -3.21.